The van der Waals surface area contributed by atoms with Gasteiger partial charge in [0.25, 0.3) is 0 Å². The van der Waals surface area contributed by atoms with Gasteiger partial charge in [-0.05, 0) is 25.8 Å². The molecule has 24 heavy (non-hydrogen) atoms. The summed E-state index contributed by atoms with van der Waals surface area (Å²) < 4.78 is 42.8. The number of pyridine rings is 1. The third-order valence-corrected chi connectivity index (χ3v) is 3.27. The Morgan fingerprint density at radius 2 is 2.17 bits per heavy atom. The first-order chi connectivity index (χ1) is 10.9. The number of guanidine groups is 1. The molecule has 2 N–H and O–H groups in total. The zero-order chi connectivity index (χ0) is 16.9. The lowest BCUT2D eigenvalue weighted by Crippen LogP contribution is -2.38. The molecule has 136 valence electrons. The van der Waals surface area contributed by atoms with Gasteiger partial charge in [-0.3, -0.25) is 0 Å². The van der Waals surface area contributed by atoms with E-state index in [1.807, 2.05) is 6.92 Å². The Hall–Kier alpha value is -0.970. The average Bonchev–Trinajstić information content (AvgIpc) is 3.28. The zero-order valence-electron chi connectivity index (χ0n) is 13.0. The largest absolute Gasteiger partial charge is 0.475 e. The molecule has 0 aromatic carbocycles. The fourth-order valence-corrected chi connectivity index (χ4v) is 1.95. The van der Waals surface area contributed by atoms with Crippen molar-refractivity contribution in [2.24, 2.45) is 4.99 Å². The fraction of sp³-hybridized carbons (Fsp3) is 0.571. The summed E-state index contributed by atoms with van der Waals surface area (Å²) in [6.45, 7) is 3.21. The van der Waals surface area contributed by atoms with Gasteiger partial charge in [0, 0.05) is 18.8 Å². The molecule has 1 saturated carbocycles. The van der Waals surface area contributed by atoms with E-state index >= 15 is 0 Å². The number of hydrogen-bond acceptors (Lipinski definition) is 3. The first-order valence-corrected chi connectivity index (χ1v) is 7.68. The molecule has 0 saturated heterocycles. The van der Waals surface area contributed by atoms with E-state index in [1.165, 1.54) is 0 Å². The molecular formula is C14H19ClF3IN4O. The maximum Gasteiger partial charge on any atom is 0.417 e. The number of alkyl halides is 3. The summed E-state index contributed by atoms with van der Waals surface area (Å²) in [6, 6.07) is 1.27. The number of nitrogens with zero attached hydrogens (tertiary/aromatic N) is 2. The smallest absolute Gasteiger partial charge is 0.417 e. The van der Waals surface area contributed by atoms with Crippen LogP contribution in [0.1, 0.15) is 25.3 Å². The summed E-state index contributed by atoms with van der Waals surface area (Å²) in [6.07, 6.45) is -1.52. The number of hydrogen-bond donors (Lipinski definition) is 2. The van der Waals surface area contributed by atoms with Crippen LogP contribution in [0, 0.1) is 0 Å². The molecule has 1 aliphatic rings. The van der Waals surface area contributed by atoms with Gasteiger partial charge in [0.15, 0.2) is 5.96 Å². The third-order valence-electron chi connectivity index (χ3n) is 3.00. The van der Waals surface area contributed by atoms with E-state index in [-0.39, 0.29) is 41.5 Å². The Morgan fingerprint density at radius 3 is 2.71 bits per heavy atom. The monoisotopic (exact) mass is 478 g/mol. The van der Waals surface area contributed by atoms with E-state index in [4.69, 9.17) is 16.3 Å². The fourth-order valence-electron chi connectivity index (χ4n) is 1.73. The molecule has 10 heteroatoms. The molecule has 0 spiro atoms. The number of rotatable bonds is 6. The summed E-state index contributed by atoms with van der Waals surface area (Å²) >= 11 is 5.76. The molecule has 1 aromatic rings. The molecule has 0 atom stereocenters. The van der Waals surface area contributed by atoms with Crippen molar-refractivity contribution in [1.82, 2.24) is 15.6 Å². The highest BCUT2D eigenvalue weighted by atomic mass is 127. The molecule has 5 nitrogen and oxygen atoms in total. The Labute approximate surface area is 160 Å². The Bertz CT molecular complexity index is 567. The number of aliphatic imine (C=N–C) groups is 1. The molecule has 0 radical (unpaired) electrons. The summed E-state index contributed by atoms with van der Waals surface area (Å²) in [7, 11) is 0. The highest BCUT2D eigenvalue weighted by Gasteiger charge is 2.31. The van der Waals surface area contributed by atoms with Crippen molar-refractivity contribution in [3.8, 4) is 5.88 Å². The Balaban J connectivity index is 0.00000288. The van der Waals surface area contributed by atoms with Gasteiger partial charge < -0.3 is 15.4 Å². The Kier molecular flexibility index (Phi) is 8.34. The van der Waals surface area contributed by atoms with Crippen LogP contribution in [0.3, 0.4) is 0 Å². The van der Waals surface area contributed by atoms with E-state index in [2.05, 4.69) is 20.6 Å². The van der Waals surface area contributed by atoms with E-state index in [1.54, 1.807) is 0 Å². The highest BCUT2D eigenvalue weighted by molar-refractivity contribution is 14.0. The molecule has 1 aliphatic carbocycles. The average molecular weight is 479 g/mol. The van der Waals surface area contributed by atoms with Crippen LogP contribution in [-0.4, -0.2) is 36.7 Å². The van der Waals surface area contributed by atoms with Gasteiger partial charge in [-0.1, -0.05) is 11.6 Å². The van der Waals surface area contributed by atoms with Crippen molar-refractivity contribution in [1.29, 1.82) is 0 Å². The standard InChI is InChI=1S/C14H18ClF3N4O.HI/c1-2-19-13(22-10-3-4-10)20-5-6-23-12-11(15)7-9(8-21-12)14(16,17)18;/h7-8,10H,2-6H2,1H3,(H2,19,20,22);1H. The molecule has 1 fully saturated rings. The lowest BCUT2D eigenvalue weighted by atomic mass is 10.3. The molecule has 1 heterocycles. The normalized spacial score (nSPS) is 14.8. The molecular weight excluding hydrogens is 460 g/mol. The second-order valence-corrected chi connectivity index (χ2v) is 5.44. The van der Waals surface area contributed by atoms with Gasteiger partial charge >= 0.3 is 6.18 Å². The minimum atomic E-state index is -4.48. The summed E-state index contributed by atoms with van der Waals surface area (Å²) in [5.74, 6) is 0.667. The second kappa shape index (κ2) is 9.50. The SMILES string of the molecule is CCNC(=NCCOc1ncc(C(F)(F)F)cc1Cl)NC1CC1.I. The van der Waals surface area contributed by atoms with Crippen molar-refractivity contribution in [3.05, 3.63) is 22.8 Å². The molecule has 0 bridgehead atoms. The van der Waals surface area contributed by atoms with E-state index in [9.17, 15) is 13.2 Å². The first kappa shape index (κ1) is 21.1. The number of nitrogens with one attached hydrogen (secondary N) is 2. The molecule has 0 aliphatic heterocycles. The predicted octanol–water partition coefficient (Wildman–Crippen LogP) is 3.47. The second-order valence-electron chi connectivity index (χ2n) is 5.04. The molecule has 1 aromatic heterocycles. The summed E-state index contributed by atoms with van der Waals surface area (Å²) in [5, 5.41) is 6.17. The van der Waals surface area contributed by atoms with Crippen LogP contribution in [0.4, 0.5) is 13.2 Å². The first-order valence-electron chi connectivity index (χ1n) is 7.30. The van der Waals surface area contributed by atoms with E-state index in [0.29, 0.717) is 24.7 Å². The quantitative estimate of drug-likeness (QED) is 0.285. The molecule has 0 amide bonds. The van der Waals surface area contributed by atoms with Crippen LogP contribution in [0.25, 0.3) is 0 Å². The van der Waals surface area contributed by atoms with Gasteiger partial charge in [-0.25, -0.2) is 9.98 Å². The summed E-state index contributed by atoms with van der Waals surface area (Å²) in [5.41, 5.74) is -0.907. The third kappa shape index (κ3) is 6.88. The molecule has 2 rings (SSSR count). The van der Waals surface area contributed by atoms with Gasteiger partial charge in [-0.15, -0.1) is 24.0 Å². The van der Waals surface area contributed by atoms with Crippen molar-refractivity contribution in [2.75, 3.05) is 19.7 Å². The maximum atomic E-state index is 12.5. The number of halogens is 5. The topological polar surface area (TPSA) is 58.5 Å². The van der Waals surface area contributed by atoms with Gasteiger partial charge in [0.1, 0.15) is 11.6 Å². The zero-order valence-corrected chi connectivity index (χ0v) is 16.1. The van der Waals surface area contributed by atoms with Crippen LogP contribution in [0.15, 0.2) is 17.3 Å². The van der Waals surface area contributed by atoms with Crippen LogP contribution in [0.5, 0.6) is 5.88 Å². The lowest BCUT2D eigenvalue weighted by molar-refractivity contribution is -0.137. The van der Waals surface area contributed by atoms with Crippen LogP contribution >= 0.6 is 35.6 Å². The Morgan fingerprint density at radius 1 is 1.46 bits per heavy atom. The van der Waals surface area contributed by atoms with Gasteiger partial charge in [-0.2, -0.15) is 13.2 Å². The maximum absolute atomic E-state index is 12.5. The minimum Gasteiger partial charge on any atom is -0.475 e. The van der Waals surface area contributed by atoms with Crippen molar-refractivity contribution >= 4 is 41.5 Å². The number of aromatic nitrogens is 1. The van der Waals surface area contributed by atoms with Crippen molar-refractivity contribution in [3.63, 3.8) is 0 Å². The van der Waals surface area contributed by atoms with Gasteiger partial charge in [0.05, 0.1) is 12.1 Å². The van der Waals surface area contributed by atoms with Crippen molar-refractivity contribution < 1.29 is 17.9 Å². The highest BCUT2D eigenvalue weighted by Crippen LogP contribution is 2.32. The van der Waals surface area contributed by atoms with Crippen LogP contribution in [-0.2, 0) is 6.18 Å². The van der Waals surface area contributed by atoms with E-state index < -0.39 is 11.7 Å². The van der Waals surface area contributed by atoms with Crippen molar-refractivity contribution in [2.45, 2.75) is 32.0 Å². The van der Waals surface area contributed by atoms with E-state index in [0.717, 1.165) is 25.5 Å². The van der Waals surface area contributed by atoms with Crippen LogP contribution in [0.2, 0.25) is 5.02 Å². The predicted molar refractivity (Wildman–Crippen MR) is 97.3 cm³/mol. The minimum absolute atomic E-state index is 0. The number of ether oxygens (including phenoxy) is 1. The van der Waals surface area contributed by atoms with Gasteiger partial charge in [0.2, 0.25) is 5.88 Å². The molecule has 0 unspecified atom stereocenters. The van der Waals surface area contributed by atoms with Crippen LogP contribution < -0.4 is 15.4 Å². The lowest BCUT2D eigenvalue weighted by Gasteiger charge is -2.11. The summed E-state index contributed by atoms with van der Waals surface area (Å²) in [4.78, 5) is 7.92.